The molecule has 3 heterocycles. The van der Waals surface area contributed by atoms with Crippen LogP contribution in [0.3, 0.4) is 0 Å². The normalized spacial score (nSPS) is 12.1. The number of carbonyl (C=O) groups excluding carboxylic acids is 1. The van der Waals surface area contributed by atoms with Crippen LogP contribution in [0.5, 0.6) is 0 Å². The van der Waals surface area contributed by atoms with Gasteiger partial charge in [-0.25, -0.2) is 4.98 Å². The molecule has 1 amide bonds. The number of hydrogen-bond acceptors (Lipinski definition) is 5. The Balaban J connectivity index is 1.54. The van der Waals surface area contributed by atoms with Crippen LogP contribution in [0.25, 0.3) is 10.2 Å². The van der Waals surface area contributed by atoms with Crippen LogP contribution in [0.4, 0.5) is 0 Å². The van der Waals surface area contributed by atoms with Gasteiger partial charge in [-0.1, -0.05) is 30.3 Å². The van der Waals surface area contributed by atoms with Crippen molar-refractivity contribution in [2.75, 3.05) is 0 Å². The van der Waals surface area contributed by atoms with Gasteiger partial charge in [-0.2, -0.15) is 5.10 Å². The minimum Gasteiger partial charge on any atom is -0.346 e. The molecule has 0 radical (unpaired) electrons. The Hall–Kier alpha value is -3.26. The zero-order valence-electron chi connectivity index (χ0n) is 14.4. The molecular formula is C19H17N5O2S. The van der Waals surface area contributed by atoms with E-state index in [1.54, 1.807) is 16.9 Å². The number of hydrogen-bond donors (Lipinski definition) is 1. The second-order valence-corrected chi connectivity index (χ2v) is 6.99. The molecule has 8 heteroatoms. The maximum absolute atomic E-state index is 12.6. The maximum Gasteiger partial charge on any atom is 0.271 e. The fourth-order valence-corrected chi connectivity index (χ4v) is 3.69. The predicted octanol–water partition coefficient (Wildman–Crippen LogP) is 2.21. The van der Waals surface area contributed by atoms with Crippen molar-refractivity contribution in [3.8, 4) is 0 Å². The molecule has 0 saturated carbocycles. The molecule has 136 valence electrons. The lowest BCUT2D eigenvalue weighted by Crippen LogP contribution is -2.36. The van der Waals surface area contributed by atoms with E-state index in [1.165, 1.54) is 22.2 Å². The van der Waals surface area contributed by atoms with E-state index in [-0.39, 0.29) is 24.1 Å². The Kier molecular flexibility index (Phi) is 4.80. The van der Waals surface area contributed by atoms with Crippen LogP contribution in [0, 0.1) is 0 Å². The van der Waals surface area contributed by atoms with Crippen LogP contribution in [0.2, 0.25) is 0 Å². The average Bonchev–Trinajstić information content (AvgIpc) is 3.36. The molecule has 0 bridgehead atoms. The summed E-state index contributed by atoms with van der Waals surface area (Å²) in [6.45, 7) is 0.419. The molecule has 3 aromatic heterocycles. The minimum atomic E-state index is -0.257. The van der Waals surface area contributed by atoms with Gasteiger partial charge in [-0.15, -0.1) is 11.3 Å². The number of rotatable bonds is 6. The predicted molar refractivity (Wildman–Crippen MR) is 103 cm³/mol. The third kappa shape index (κ3) is 3.80. The van der Waals surface area contributed by atoms with E-state index in [4.69, 9.17) is 0 Å². The first kappa shape index (κ1) is 17.2. The highest BCUT2D eigenvalue weighted by molar-refractivity contribution is 7.17. The smallest absolute Gasteiger partial charge is 0.271 e. The molecule has 0 aliphatic rings. The van der Waals surface area contributed by atoms with Crippen LogP contribution in [0.15, 0.2) is 71.4 Å². The fourth-order valence-electron chi connectivity index (χ4n) is 2.90. The summed E-state index contributed by atoms with van der Waals surface area (Å²) in [5.74, 6) is -0.254. The number of thiophene rings is 1. The van der Waals surface area contributed by atoms with Crippen LogP contribution >= 0.6 is 11.3 Å². The van der Waals surface area contributed by atoms with Gasteiger partial charge >= 0.3 is 0 Å². The van der Waals surface area contributed by atoms with Gasteiger partial charge in [-0.05, 0) is 23.1 Å². The standard InChI is InChI=1S/C19H17N5O2S/c25-17(12-23-13-20-15-7-10-27-18(15)19(23)26)22-16(11-24-9-4-8-21-24)14-5-2-1-3-6-14/h1-10,13,16H,11-12H2,(H,22,25). The van der Waals surface area contributed by atoms with Gasteiger partial charge in [0, 0.05) is 12.4 Å². The summed E-state index contributed by atoms with van der Waals surface area (Å²) in [6, 6.07) is 13.1. The van der Waals surface area contributed by atoms with E-state index in [0.29, 0.717) is 16.8 Å². The quantitative estimate of drug-likeness (QED) is 0.557. The van der Waals surface area contributed by atoms with Crippen molar-refractivity contribution < 1.29 is 4.79 Å². The van der Waals surface area contributed by atoms with Crippen molar-refractivity contribution in [1.82, 2.24) is 24.6 Å². The second kappa shape index (κ2) is 7.55. The first-order valence-corrected chi connectivity index (χ1v) is 9.33. The molecule has 4 aromatic rings. The number of nitrogens with zero attached hydrogens (tertiary/aromatic N) is 4. The van der Waals surface area contributed by atoms with Gasteiger partial charge in [0.25, 0.3) is 5.56 Å². The van der Waals surface area contributed by atoms with Crippen molar-refractivity contribution >= 4 is 27.5 Å². The van der Waals surface area contributed by atoms with Crippen molar-refractivity contribution in [3.63, 3.8) is 0 Å². The summed E-state index contributed by atoms with van der Waals surface area (Å²) in [5.41, 5.74) is 1.43. The molecule has 1 atom stereocenters. The summed E-state index contributed by atoms with van der Waals surface area (Å²) in [5, 5.41) is 9.04. The Morgan fingerprint density at radius 3 is 2.81 bits per heavy atom. The lowest BCUT2D eigenvalue weighted by molar-refractivity contribution is -0.122. The highest BCUT2D eigenvalue weighted by Gasteiger charge is 2.17. The molecule has 7 nitrogen and oxygen atoms in total. The summed E-state index contributed by atoms with van der Waals surface area (Å²) >= 11 is 1.33. The molecule has 0 aliphatic carbocycles. The van der Waals surface area contributed by atoms with E-state index in [0.717, 1.165) is 5.56 Å². The molecule has 1 aromatic carbocycles. The number of benzene rings is 1. The van der Waals surface area contributed by atoms with Crippen molar-refractivity contribution in [3.05, 3.63) is 82.5 Å². The average molecular weight is 379 g/mol. The fraction of sp³-hybridized carbons (Fsp3) is 0.158. The van der Waals surface area contributed by atoms with Gasteiger partial charge in [0.15, 0.2) is 0 Å². The molecule has 4 rings (SSSR count). The van der Waals surface area contributed by atoms with Crippen LogP contribution in [-0.4, -0.2) is 25.2 Å². The molecule has 27 heavy (non-hydrogen) atoms. The van der Waals surface area contributed by atoms with Gasteiger partial charge in [0.1, 0.15) is 11.2 Å². The summed E-state index contributed by atoms with van der Waals surface area (Å²) in [7, 11) is 0. The number of aromatic nitrogens is 4. The number of fused-ring (bicyclic) bond motifs is 1. The lowest BCUT2D eigenvalue weighted by atomic mass is 10.1. The van der Waals surface area contributed by atoms with E-state index >= 15 is 0 Å². The minimum absolute atomic E-state index is 0.0812. The Morgan fingerprint density at radius 2 is 2.04 bits per heavy atom. The summed E-state index contributed by atoms with van der Waals surface area (Å²) in [4.78, 5) is 29.3. The molecule has 0 spiro atoms. The monoisotopic (exact) mass is 379 g/mol. The molecular weight excluding hydrogens is 362 g/mol. The van der Waals surface area contributed by atoms with E-state index < -0.39 is 0 Å². The second-order valence-electron chi connectivity index (χ2n) is 6.07. The zero-order chi connectivity index (χ0) is 18.6. The van der Waals surface area contributed by atoms with Crippen molar-refractivity contribution in [2.45, 2.75) is 19.1 Å². The Bertz CT molecular complexity index is 1100. The molecule has 1 N–H and O–H groups in total. The number of carbonyl (C=O) groups is 1. The largest absolute Gasteiger partial charge is 0.346 e. The van der Waals surface area contributed by atoms with Crippen molar-refractivity contribution in [1.29, 1.82) is 0 Å². The SMILES string of the molecule is O=C(Cn1cnc2ccsc2c1=O)NC(Cn1cccn1)c1ccccc1. The van der Waals surface area contributed by atoms with Crippen molar-refractivity contribution in [2.24, 2.45) is 0 Å². The topological polar surface area (TPSA) is 81.8 Å². The van der Waals surface area contributed by atoms with Gasteiger partial charge in [0.05, 0.1) is 24.4 Å². The highest BCUT2D eigenvalue weighted by Crippen LogP contribution is 2.15. The lowest BCUT2D eigenvalue weighted by Gasteiger charge is -2.19. The third-order valence-electron chi connectivity index (χ3n) is 4.22. The first-order chi connectivity index (χ1) is 13.2. The number of amides is 1. The Labute approximate surface area is 158 Å². The van der Waals surface area contributed by atoms with Crippen LogP contribution < -0.4 is 10.9 Å². The van der Waals surface area contributed by atoms with E-state index in [9.17, 15) is 9.59 Å². The van der Waals surface area contributed by atoms with E-state index in [1.807, 2.05) is 48.0 Å². The maximum atomic E-state index is 12.6. The van der Waals surface area contributed by atoms with Crippen LogP contribution in [0.1, 0.15) is 11.6 Å². The first-order valence-electron chi connectivity index (χ1n) is 8.45. The molecule has 0 saturated heterocycles. The Morgan fingerprint density at radius 1 is 1.19 bits per heavy atom. The highest BCUT2D eigenvalue weighted by atomic mass is 32.1. The zero-order valence-corrected chi connectivity index (χ0v) is 15.2. The van der Waals surface area contributed by atoms with Gasteiger partial charge in [0.2, 0.25) is 5.91 Å². The van der Waals surface area contributed by atoms with E-state index in [2.05, 4.69) is 15.4 Å². The summed E-state index contributed by atoms with van der Waals surface area (Å²) < 4.78 is 3.66. The molecule has 1 unspecified atom stereocenters. The van der Waals surface area contributed by atoms with Gasteiger partial charge < -0.3 is 5.32 Å². The van der Waals surface area contributed by atoms with Gasteiger partial charge in [-0.3, -0.25) is 18.8 Å². The summed E-state index contributed by atoms with van der Waals surface area (Å²) in [6.07, 6.45) is 4.97. The molecule has 0 fully saturated rings. The molecule has 0 aliphatic heterocycles. The number of nitrogens with one attached hydrogen (secondary N) is 1. The van der Waals surface area contributed by atoms with Crippen LogP contribution in [-0.2, 0) is 17.9 Å². The third-order valence-corrected chi connectivity index (χ3v) is 5.11.